The van der Waals surface area contributed by atoms with Gasteiger partial charge in [0.15, 0.2) is 0 Å². The SMILES string of the molecule is CCCCCCCCCCCCCC(O)CNCCS(=O)(=O)[O-].[K+]. The summed E-state index contributed by atoms with van der Waals surface area (Å²) in [5.41, 5.74) is 0. The Morgan fingerprint density at radius 2 is 1.38 bits per heavy atom. The molecule has 0 heterocycles. The zero-order valence-electron chi connectivity index (χ0n) is 15.8. The molecule has 1 unspecified atom stereocenters. The van der Waals surface area contributed by atoms with Crippen molar-refractivity contribution in [2.45, 2.75) is 90.1 Å². The molecule has 0 saturated heterocycles. The van der Waals surface area contributed by atoms with E-state index in [0.717, 1.165) is 19.3 Å². The van der Waals surface area contributed by atoms with Gasteiger partial charge in [0.05, 0.1) is 22.0 Å². The summed E-state index contributed by atoms with van der Waals surface area (Å²) in [5.74, 6) is -0.418. The Bertz CT molecular complexity index is 352. The number of rotatable bonds is 17. The molecule has 0 aliphatic heterocycles. The Labute approximate surface area is 191 Å². The summed E-state index contributed by atoms with van der Waals surface area (Å²) < 4.78 is 31.2. The molecule has 0 radical (unpaired) electrons. The first-order valence-electron chi connectivity index (χ1n) is 9.28. The predicted octanol–water partition coefficient (Wildman–Crippen LogP) is 0.187. The second-order valence-electron chi connectivity index (χ2n) is 6.44. The summed E-state index contributed by atoms with van der Waals surface area (Å²) in [6.07, 6.45) is 14.4. The van der Waals surface area contributed by atoms with Gasteiger partial charge in [0, 0.05) is 13.1 Å². The fraction of sp³-hybridized carbons (Fsp3) is 1.00. The topological polar surface area (TPSA) is 89.5 Å². The van der Waals surface area contributed by atoms with Crippen LogP contribution in [-0.2, 0) is 10.1 Å². The number of hydrogen-bond donors (Lipinski definition) is 2. The van der Waals surface area contributed by atoms with Crippen LogP contribution in [0.2, 0.25) is 0 Å². The zero-order valence-corrected chi connectivity index (χ0v) is 19.7. The van der Waals surface area contributed by atoms with E-state index in [1.54, 1.807) is 0 Å². The molecule has 2 N–H and O–H groups in total. The number of aliphatic hydroxyl groups excluding tert-OH is 1. The molecular formula is C17H36KNO4S. The molecule has 0 aliphatic rings. The molecule has 1 atom stereocenters. The molecule has 0 bridgehead atoms. The van der Waals surface area contributed by atoms with E-state index in [-0.39, 0.29) is 57.9 Å². The molecule has 5 nitrogen and oxygen atoms in total. The van der Waals surface area contributed by atoms with Gasteiger partial charge >= 0.3 is 51.4 Å². The maximum atomic E-state index is 10.4. The molecule has 140 valence electrons. The maximum Gasteiger partial charge on any atom is 1.00 e. The van der Waals surface area contributed by atoms with E-state index < -0.39 is 22.0 Å². The van der Waals surface area contributed by atoms with Crippen molar-refractivity contribution in [2.24, 2.45) is 0 Å². The van der Waals surface area contributed by atoms with Gasteiger partial charge in [-0.3, -0.25) is 0 Å². The van der Waals surface area contributed by atoms with Crippen LogP contribution in [0.15, 0.2) is 0 Å². The van der Waals surface area contributed by atoms with Crippen molar-refractivity contribution in [2.75, 3.05) is 18.8 Å². The van der Waals surface area contributed by atoms with E-state index in [1.807, 2.05) is 0 Å². The number of unbranched alkanes of at least 4 members (excludes halogenated alkanes) is 10. The third-order valence-electron chi connectivity index (χ3n) is 4.05. The van der Waals surface area contributed by atoms with Crippen molar-refractivity contribution in [1.29, 1.82) is 0 Å². The number of hydrogen-bond acceptors (Lipinski definition) is 5. The second-order valence-corrected chi connectivity index (χ2v) is 7.97. The molecule has 0 aliphatic carbocycles. The molecule has 0 rings (SSSR count). The minimum atomic E-state index is -4.16. The minimum absolute atomic E-state index is 0. The fourth-order valence-corrected chi connectivity index (χ4v) is 3.01. The normalized spacial score (nSPS) is 12.8. The van der Waals surface area contributed by atoms with Gasteiger partial charge in [0.2, 0.25) is 0 Å². The fourth-order valence-electron chi connectivity index (χ4n) is 2.61. The van der Waals surface area contributed by atoms with Gasteiger partial charge in [0.25, 0.3) is 0 Å². The summed E-state index contributed by atoms with van der Waals surface area (Å²) in [4.78, 5) is 0. The third-order valence-corrected chi connectivity index (χ3v) is 4.75. The first-order chi connectivity index (χ1) is 11.0. The Morgan fingerprint density at radius 1 is 0.917 bits per heavy atom. The molecule has 0 aromatic heterocycles. The average molecular weight is 390 g/mol. The Kier molecular flexibility index (Phi) is 22.2. The summed E-state index contributed by atoms with van der Waals surface area (Å²) >= 11 is 0. The predicted molar refractivity (Wildman–Crippen MR) is 94.5 cm³/mol. The molecule has 7 heteroatoms. The molecule has 24 heavy (non-hydrogen) atoms. The zero-order chi connectivity index (χ0) is 17.4. The summed E-state index contributed by atoms with van der Waals surface area (Å²) in [5, 5.41) is 12.5. The third kappa shape index (κ3) is 23.5. The van der Waals surface area contributed by atoms with Crippen LogP contribution < -0.4 is 56.7 Å². The standard InChI is InChI=1S/C17H37NO4S.K/c1-2-3-4-5-6-7-8-9-10-11-12-13-17(19)16-18-14-15-23(20,21)22;/h17-19H,2-16H2,1H3,(H,20,21,22);/q;+1/p-1. The van der Waals surface area contributed by atoms with Crippen LogP contribution in [0.5, 0.6) is 0 Å². The van der Waals surface area contributed by atoms with Crippen molar-refractivity contribution in [1.82, 2.24) is 5.32 Å². The van der Waals surface area contributed by atoms with Gasteiger partial charge in [-0.25, -0.2) is 8.42 Å². The summed E-state index contributed by atoms with van der Waals surface area (Å²) in [6.45, 7) is 2.71. The van der Waals surface area contributed by atoms with Gasteiger partial charge < -0.3 is 15.0 Å². The quantitative estimate of drug-likeness (QED) is 0.211. The minimum Gasteiger partial charge on any atom is -0.748 e. The van der Waals surface area contributed by atoms with Crippen molar-refractivity contribution in [3.8, 4) is 0 Å². The van der Waals surface area contributed by atoms with E-state index in [4.69, 9.17) is 0 Å². The van der Waals surface area contributed by atoms with Crippen LogP contribution in [0.1, 0.15) is 84.0 Å². The summed E-state index contributed by atoms with van der Waals surface area (Å²) in [6, 6.07) is 0. The monoisotopic (exact) mass is 389 g/mol. The van der Waals surface area contributed by atoms with E-state index in [9.17, 15) is 18.1 Å². The molecule has 0 amide bonds. The number of aliphatic hydroxyl groups is 1. The van der Waals surface area contributed by atoms with Crippen LogP contribution in [-0.4, -0.2) is 43.0 Å². The molecular weight excluding hydrogens is 353 g/mol. The van der Waals surface area contributed by atoms with Gasteiger partial charge in [-0.05, 0) is 6.42 Å². The smallest absolute Gasteiger partial charge is 0.748 e. The van der Waals surface area contributed by atoms with Crippen LogP contribution in [0.3, 0.4) is 0 Å². The van der Waals surface area contributed by atoms with Crippen LogP contribution in [0.4, 0.5) is 0 Å². The summed E-state index contributed by atoms with van der Waals surface area (Å²) in [7, 11) is -4.16. The molecule has 0 spiro atoms. The second kappa shape index (κ2) is 19.2. The Hall–Kier alpha value is 1.47. The van der Waals surface area contributed by atoms with Gasteiger partial charge in [-0.2, -0.15) is 0 Å². The van der Waals surface area contributed by atoms with Gasteiger partial charge in [0.1, 0.15) is 0 Å². The molecule has 0 aromatic carbocycles. The molecule has 0 aromatic rings. The Morgan fingerprint density at radius 3 is 1.83 bits per heavy atom. The van der Waals surface area contributed by atoms with Crippen molar-refractivity contribution in [3.05, 3.63) is 0 Å². The van der Waals surface area contributed by atoms with E-state index >= 15 is 0 Å². The molecule has 0 fully saturated rings. The average Bonchev–Trinajstić information content (AvgIpc) is 2.48. The Balaban J connectivity index is 0. The van der Waals surface area contributed by atoms with Crippen LogP contribution in [0, 0.1) is 0 Å². The van der Waals surface area contributed by atoms with Crippen molar-refractivity contribution >= 4 is 10.1 Å². The van der Waals surface area contributed by atoms with Crippen molar-refractivity contribution < 1.29 is 69.5 Å². The van der Waals surface area contributed by atoms with Gasteiger partial charge in [-0.15, -0.1) is 0 Å². The van der Waals surface area contributed by atoms with Gasteiger partial charge in [-0.1, -0.05) is 77.6 Å². The van der Waals surface area contributed by atoms with E-state index in [2.05, 4.69) is 12.2 Å². The first kappa shape index (κ1) is 27.7. The maximum absolute atomic E-state index is 10.4. The largest absolute Gasteiger partial charge is 1.00 e. The van der Waals surface area contributed by atoms with Crippen molar-refractivity contribution in [3.63, 3.8) is 0 Å². The number of nitrogens with one attached hydrogen (secondary N) is 1. The molecule has 0 saturated carbocycles. The van der Waals surface area contributed by atoms with E-state index in [0.29, 0.717) is 6.54 Å². The first-order valence-corrected chi connectivity index (χ1v) is 10.9. The van der Waals surface area contributed by atoms with Crippen LogP contribution in [0.25, 0.3) is 0 Å². The van der Waals surface area contributed by atoms with E-state index in [1.165, 1.54) is 57.8 Å². The van der Waals surface area contributed by atoms with Crippen LogP contribution >= 0.6 is 0 Å².